The first-order chi connectivity index (χ1) is 10.7. The lowest BCUT2D eigenvalue weighted by atomic mass is 10.2. The maximum Gasteiger partial charge on any atom is 0.419 e. The highest BCUT2D eigenvalue weighted by Crippen LogP contribution is 2.36. The van der Waals surface area contributed by atoms with Crippen LogP contribution >= 0.6 is 0 Å². The van der Waals surface area contributed by atoms with Gasteiger partial charge in [0, 0.05) is 7.11 Å². The number of benzene rings is 1. The molecule has 2 atom stereocenters. The molecule has 0 fully saturated rings. The fraction of sp³-hybridized carbons (Fsp3) is 0.429. The third kappa shape index (κ3) is 5.44. The van der Waals surface area contributed by atoms with Crippen LogP contribution in [-0.4, -0.2) is 42.8 Å². The van der Waals surface area contributed by atoms with Crippen molar-refractivity contribution in [3.05, 3.63) is 29.8 Å². The molecule has 0 aliphatic heterocycles. The molecule has 2 N–H and O–H groups in total. The zero-order valence-corrected chi connectivity index (χ0v) is 12.4. The summed E-state index contributed by atoms with van der Waals surface area (Å²) in [7, 11) is 1.25. The van der Waals surface area contributed by atoms with E-state index in [1.165, 1.54) is 26.2 Å². The van der Waals surface area contributed by atoms with Crippen LogP contribution in [0, 0.1) is 0 Å². The molecule has 0 aliphatic rings. The normalized spacial score (nSPS) is 14.0. The van der Waals surface area contributed by atoms with Gasteiger partial charge in [0.2, 0.25) is 0 Å². The third-order valence-electron chi connectivity index (χ3n) is 2.81. The maximum atomic E-state index is 12.8. The van der Waals surface area contributed by atoms with Crippen molar-refractivity contribution >= 4 is 11.9 Å². The largest absolute Gasteiger partial charge is 0.480 e. The van der Waals surface area contributed by atoms with Gasteiger partial charge in [0.25, 0.3) is 5.91 Å². The minimum atomic E-state index is -4.63. The van der Waals surface area contributed by atoms with Crippen molar-refractivity contribution in [3.63, 3.8) is 0 Å². The number of aliphatic carboxylic acids is 1. The number of methoxy groups -OCH3 is 1. The van der Waals surface area contributed by atoms with Gasteiger partial charge in [0.15, 0.2) is 12.1 Å². The summed E-state index contributed by atoms with van der Waals surface area (Å²) >= 11 is 0. The molecule has 1 rings (SSSR count). The number of rotatable bonds is 7. The number of para-hydroxylation sites is 1. The van der Waals surface area contributed by atoms with Crippen LogP contribution in [0.25, 0.3) is 0 Å². The van der Waals surface area contributed by atoms with E-state index in [0.717, 1.165) is 12.1 Å². The van der Waals surface area contributed by atoms with Crippen LogP contribution in [0.4, 0.5) is 13.2 Å². The number of carboxylic acids is 1. The lowest BCUT2D eigenvalue weighted by Gasteiger charge is -2.20. The van der Waals surface area contributed by atoms with Gasteiger partial charge in [-0.15, -0.1) is 0 Å². The van der Waals surface area contributed by atoms with Crippen LogP contribution in [-0.2, 0) is 20.5 Å². The van der Waals surface area contributed by atoms with E-state index in [1.54, 1.807) is 0 Å². The Hall–Kier alpha value is -2.29. The molecule has 1 aromatic rings. The van der Waals surface area contributed by atoms with Crippen molar-refractivity contribution in [3.8, 4) is 5.75 Å². The van der Waals surface area contributed by atoms with E-state index >= 15 is 0 Å². The number of amides is 1. The highest BCUT2D eigenvalue weighted by molar-refractivity contribution is 5.86. The van der Waals surface area contributed by atoms with Crippen molar-refractivity contribution in [1.29, 1.82) is 0 Å². The van der Waals surface area contributed by atoms with Crippen LogP contribution < -0.4 is 10.1 Å². The van der Waals surface area contributed by atoms with Crippen LogP contribution in [0.15, 0.2) is 24.3 Å². The summed E-state index contributed by atoms with van der Waals surface area (Å²) in [5.41, 5.74) is -1.02. The van der Waals surface area contributed by atoms with Gasteiger partial charge in [-0.1, -0.05) is 12.1 Å². The number of hydrogen-bond acceptors (Lipinski definition) is 4. The average Bonchev–Trinajstić information content (AvgIpc) is 2.45. The molecular formula is C14H16F3NO5. The second kappa shape index (κ2) is 7.82. The van der Waals surface area contributed by atoms with Crippen molar-refractivity contribution in [2.75, 3.05) is 13.7 Å². The maximum absolute atomic E-state index is 12.8. The van der Waals surface area contributed by atoms with Crippen molar-refractivity contribution in [2.45, 2.75) is 25.2 Å². The standard InChI is InChI=1S/C14H16F3NO5/c1-8(12(19)18-10(7-22-2)13(20)21)23-11-6-4-3-5-9(11)14(15,16)17/h3-6,8,10H,7H2,1-2H3,(H,18,19)(H,20,21). The number of carbonyl (C=O) groups is 2. The number of ether oxygens (including phenoxy) is 2. The number of carbonyl (C=O) groups excluding carboxylic acids is 1. The van der Waals surface area contributed by atoms with E-state index in [9.17, 15) is 22.8 Å². The molecule has 0 aliphatic carbocycles. The molecule has 23 heavy (non-hydrogen) atoms. The number of halogens is 3. The molecule has 0 aromatic heterocycles. The fourth-order valence-corrected chi connectivity index (χ4v) is 1.68. The molecule has 128 valence electrons. The van der Waals surface area contributed by atoms with Gasteiger partial charge in [-0.25, -0.2) is 4.79 Å². The Labute approximate surface area is 130 Å². The minimum Gasteiger partial charge on any atom is -0.480 e. The van der Waals surface area contributed by atoms with Gasteiger partial charge in [0.05, 0.1) is 12.2 Å². The molecule has 2 unspecified atom stereocenters. The third-order valence-corrected chi connectivity index (χ3v) is 2.81. The van der Waals surface area contributed by atoms with Crippen LogP contribution in [0.5, 0.6) is 5.75 Å². The Morgan fingerprint density at radius 2 is 1.91 bits per heavy atom. The molecule has 0 heterocycles. The SMILES string of the molecule is COCC(NC(=O)C(C)Oc1ccccc1C(F)(F)F)C(=O)O. The second-order valence-electron chi connectivity index (χ2n) is 4.61. The summed E-state index contributed by atoms with van der Waals surface area (Å²) in [6.45, 7) is 0.932. The molecule has 1 aromatic carbocycles. The van der Waals surface area contributed by atoms with Crippen LogP contribution in [0.3, 0.4) is 0 Å². The molecular weight excluding hydrogens is 319 g/mol. The van der Waals surface area contributed by atoms with Crippen LogP contribution in [0.1, 0.15) is 12.5 Å². The van der Waals surface area contributed by atoms with Gasteiger partial charge in [0.1, 0.15) is 5.75 Å². The summed E-state index contributed by atoms with van der Waals surface area (Å²) in [6.07, 6.45) is -5.95. The Balaban J connectivity index is 2.82. The van der Waals surface area contributed by atoms with E-state index in [4.69, 9.17) is 9.84 Å². The first-order valence-corrected chi connectivity index (χ1v) is 6.51. The predicted octanol–water partition coefficient (Wildman–Crippen LogP) is 1.69. The van der Waals surface area contributed by atoms with Crippen molar-refractivity contribution < 1.29 is 37.3 Å². The van der Waals surface area contributed by atoms with Crippen LogP contribution in [0.2, 0.25) is 0 Å². The first-order valence-electron chi connectivity index (χ1n) is 6.51. The summed E-state index contributed by atoms with van der Waals surface area (Å²) in [6, 6.07) is 3.11. The smallest absolute Gasteiger partial charge is 0.419 e. The second-order valence-corrected chi connectivity index (χ2v) is 4.61. The number of carboxylic acid groups (broad SMARTS) is 1. The van der Waals surface area contributed by atoms with E-state index < -0.39 is 41.5 Å². The first kappa shape index (κ1) is 18.8. The van der Waals surface area contributed by atoms with Gasteiger partial charge < -0.3 is 19.9 Å². The quantitative estimate of drug-likeness (QED) is 0.792. The molecule has 0 saturated carbocycles. The lowest BCUT2D eigenvalue weighted by Crippen LogP contribution is -2.48. The minimum absolute atomic E-state index is 0.285. The molecule has 9 heteroatoms. The highest BCUT2D eigenvalue weighted by Gasteiger charge is 2.35. The Morgan fingerprint density at radius 3 is 2.43 bits per heavy atom. The average molecular weight is 335 g/mol. The van der Waals surface area contributed by atoms with Gasteiger partial charge in [-0.3, -0.25) is 4.79 Å². The number of nitrogens with one attached hydrogen (secondary N) is 1. The Morgan fingerprint density at radius 1 is 1.30 bits per heavy atom. The predicted molar refractivity (Wildman–Crippen MR) is 73.0 cm³/mol. The van der Waals surface area contributed by atoms with E-state index in [-0.39, 0.29) is 6.61 Å². The van der Waals surface area contributed by atoms with E-state index in [1.807, 2.05) is 0 Å². The summed E-state index contributed by atoms with van der Waals surface area (Å²) in [5.74, 6) is -2.71. The topological polar surface area (TPSA) is 84.9 Å². The zero-order chi connectivity index (χ0) is 17.6. The van der Waals surface area contributed by atoms with Gasteiger partial charge >= 0.3 is 12.1 Å². The highest BCUT2D eigenvalue weighted by atomic mass is 19.4. The molecule has 0 spiro atoms. The van der Waals surface area contributed by atoms with Gasteiger partial charge in [-0.2, -0.15) is 13.2 Å². The molecule has 0 saturated heterocycles. The van der Waals surface area contributed by atoms with E-state index in [0.29, 0.717) is 0 Å². The monoisotopic (exact) mass is 335 g/mol. The van der Waals surface area contributed by atoms with Gasteiger partial charge in [-0.05, 0) is 19.1 Å². The summed E-state index contributed by atoms with van der Waals surface area (Å²) in [4.78, 5) is 22.8. The summed E-state index contributed by atoms with van der Waals surface area (Å²) < 4.78 is 48.2. The molecule has 6 nitrogen and oxygen atoms in total. The van der Waals surface area contributed by atoms with Crippen molar-refractivity contribution in [2.24, 2.45) is 0 Å². The fourth-order valence-electron chi connectivity index (χ4n) is 1.68. The zero-order valence-electron chi connectivity index (χ0n) is 12.4. The number of hydrogen-bond donors (Lipinski definition) is 2. The Kier molecular flexibility index (Phi) is 6.38. The Bertz CT molecular complexity index is 562. The number of alkyl halides is 3. The summed E-state index contributed by atoms with van der Waals surface area (Å²) in [5, 5.41) is 11.0. The lowest BCUT2D eigenvalue weighted by molar-refractivity contribution is -0.144. The van der Waals surface area contributed by atoms with E-state index in [2.05, 4.69) is 10.1 Å². The molecule has 1 amide bonds. The molecule has 0 radical (unpaired) electrons. The van der Waals surface area contributed by atoms with Crippen molar-refractivity contribution in [1.82, 2.24) is 5.32 Å². The molecule has 0 bridgehead atoms.